The van der Waals surface area contributed by atoms with E-state index in [-0.39, 0.29) is 29.8 Å². The Labute approximate surface area is 205 Å². The number of aliphatic carboxylic acids is 1. The zero-order valence-corrected chi connectivity index (χ0v) is 19.2. The minimum Gasteiger partial charge on any atom is -0.481 e. The molecule has 0 fully saturated rings. The van der Waals surface area contributed by atoms with Crippen molar-refractivity contribution in [1.29, 1.82) is 0 Å². The lowest BCUT2D eigenvalue weighted by molar-refractivity contribution is -0.138. The molecule has 0 spiro atoms. The van der Waals surface area contributed by atoms with E-state index >= 15 is 0 Å². The zero-order chi connectivity index (χ0) is 26.2. The van der Waals surface area contributed by atoms with Gasteiger partial charge in [0, 0.05) is 5.56 Å². The van der Waals surface area contributed by atoms with Crippen LogP contribution < -0.4 is 20.4 Å². The summed E-state index contributed by atoms with van der Waals surface area (Å²) in [6, 6.07) is 11.8. The summed E-state index contributed by atoms with van der Waals surface area (Å²) in [6.45, 7) is -0.887. The van der Waals surface area contributed by atoms with Gasteiger partial charge in [-0.3, -0.25) is 29.0 Å². The number of aldehydes is 1. The zero-order valence-electron chi connectivity index (χ0n) is 19.2. The van der Waals surface area contributed by atoms with E-state index in [0.29, 0.717) is 0 Å². The SMILES string of the molecule is COC(=O)N1CC(NC(=O)c2ccccc2)C(=O)N(CC(=O)N[C@H](C=O)CC(=O)O)c2ccccc21. The summed E-state index contributed by atoms with van der Waals surface area (Å²) in [5.41, 5.74) is 0.711. The molecule has 1 heterocycles. The Kier molecular flexibility index (Phi) is 8.34. The molecule has 0 aromatic heterocycles. The number of ether oxygens (including phenoxy) is 1. The Hall–Kier alpha value is -4.74. The van der Waals surface area contributed by atoms with Crippen LogP contribution >= 0.6 is 0 Å². The van der Waals surface area contributed by atoms with Gasteiger partial charge in [0.1, 0.15) is 18.9 Å². The molecule has 0 aliphatic carbocycles. The van der Waals surface area contributed by atoms with Crippen LogP contribution in [-0.2, 0) is 23.9 Å². The Morgan fingerprint density at radius 1 is 1.08 bits per heavy atom. The molecule has 0 bridgehead atoms. The van der Waals surface area contributed by atoms with Crippen LogP contribution in [0, 0.1) is 0 Å². The molecule has 188 valence electrons. The van der Waals surface area contributed by atoms with Crippen LogP contribution in [0.4, 0.5) is 16.2 Å². The van der Waals surface area contributed by atoms with Gasteiger partial charge in [-0.05, 0) is 24.3 Å². The molecular formula is C24H24N4O8. The monoisotopic (exact) mass is 496 g/mol. The highest BCUT2D eigenvalue weighted by Gasteiger charge is 2.38. The fraction of sp³-hybridized carbons (Fsp3) is 0.250. The van der Waals surface area contributed by atoms with E-state index in [9.17, 15) is 28.8 Å². The maximum absolute atomic E-state index is 13.6. The topological polar surface area (TPSA) is 162 Å². The second kappa shape index (κ2) is 11.6. The third-order valence-corrected chi connectivity index (χ3v) is 5.34. The standard InChI is InChI=1S/C24H24N4O8/c1-36-24(35)28-12-17(26-22(33)15-7-3-2-4-8-15)23(34)27(18-9-5-6-10-19(18)28)13-20(30)25-16(14-29)11-21(31)32/h2-10,14,16-17H,11-13H2,1H3,(H,25,30)(H,26,33)(H,31,32)/t16-,17?/m0/s1. The van der Waals surface area contributed by atoms with E-state index in [1.807, 2.05) is 0 Å². The van der Waals surface area contributed by atoms with Gasteiger partial charge < -0.3 is 25.3 Å². The number of benzene rings is 2. The number of rotatable bonds is 8. The summed E-state index contributed by atoms with van der Waals surface area (Å²) < 4.78 is 4.87. The van der Waals surface area contributed by atoms with Gasteiger partial charge in [0.2, 0.25) is 5.91 Å². The molecule has 12 nitrogen and oxygen atoms in total. The maximum atomic E-state index is 13.6. The number of nitrogens with one attached hydrogen (secondary N) is 2. The first-order valence-electron chi connectivity index (χ1n) is 10.8. The van der Waals surface area contributed by atoms with Gasteiger partial charge in [-0.1, -0.05) is 30.3 Å². The molecule has 0 saturated heterocycles. The highest BCUT2D eigenvalue weighted by Crippen LogP contribution is 2.33. The van der Waals surface area contributed by atoms with E-state index in [0.717, 1.165) is 4.90 Å². The summed E-state index contributed by atoms with van der Waals surface area (Å²) >= 11 is 0. The molecule has 3 rings (SSSR count). The molecule has 1 aliphatic rings. The van der Waals surface area contributed by atoms with E-state index < -0.39 is 54.8 Å². The van der Waals surface area contributed by atoms with Crippen molar-refractivity contribution in [2.24, 2.45) is 0 Å². The predicted octanol–water partition coefficient (Wildman–Crippen LogP) is 0.563. The minimum absolute atomic E-state index is 0.181. The second-order valence-corrected chi connectivity index (χ2v) is 7.79. The largest absolute Gasteiger partial charge is 0.481 e. The number of anilines is 2. The Balaban J connectivity index is 1.96. The molecule has 36 heavy (non-hydrogen) atoms. The predicted molar refractivity (Wildman–Crippen MR) is 126 cm³/mol. The smallest absolute Gasteiger partial charge is 0.414 e. The van der Waals surface area contributed by atoms with E-state index in [4.69, 9.17) is 9.84 Å². The number of hydrogen-bond acceptors (Lipinski definition) is 7. The second-order valence-electron chi connectivity index (χ2n) is 7.79. The lowest BCUT2D eigenvalue weighted by Gasteiger charge is -2.25. The van der Waals surface area contributed by atoms with Crippen LogP contribution in [0.2, 0.25) is 0 Å². The summed E-state index contributed by atoms with van der Waals surface area (Å²) in [4.78, 5) is 76.0. The molecule has 0 radical (unpaired) electrons. The summed E-state index contributed by atoms with van der Waals surface area (Å²) in [6.07, 6.45) is -1.14. The highest BCUT2D eigenvalue weighted by molar-refractivity contribution is 6.10. The molecule has 2 atom stereocenters. The molecule has 2 aromatic rings. The normalized spacial score (nSPS) is 15.7. The molecule has 1 unspecified atom stereocenters. The number of carbonyl (C=O) groups is 6. The number of fused-ring (bicyclic) bond motifs is 1. The number of para-hydroxylation sites is 2. The molecule has 4 amide bonds. The van der Waals surface area contributed by atoms with Crippen molar-refractivity contribution < 1.29 is 38.6 Å². The van der Waals surface area contributed by atoms with Gasteiger partial charge >= 0.3 is 12.1 Å². The molecule has 0 saturated carbocycles. The molecule has 12 heteroatoms. The first kappa shape index (κ1) is 25.9. The molecule has 2 aromatic carbocycles. The molecule has 1 aliphatic heterocycles. The van der Waals surface area contributed by atoms with Gasteiger partial charge in [0.05, 0.1) is 37.5 Å². The quantitative estimate of drug-likeness (QED) is 0.447. The Morgan fingerprint density at radius 2 is 1.72 bits per heavy atom. The first-order chi connectivity index (χ1) is 17.2. The number of nitrogens with zero attached hydrogens (tertiary/aromatic N) is 2. The van der Waals surface area contributed by atoms with Crippen molar-refractivity contribution in [3.05, 3.63) is 60.2 Å². The van der Waals surface area contributed by atoms with E-state index in [1.54, 1.807) is 48.5 Å². The highest BCUT2D eigenvalue weighted by atomic mass is 16.5. The molecule has 3 N–H and O–H groups in total. The van der Waals surface area contributed by atoms with Crippen LogP contribution in [0.1, 0.15) is 16.8 Å². The fourth-order valence-corrected chi connectivity index (χ4v) is 3.69. The summed E-state index contributed by atoms with van der Waals surface area (Å²) in [5.74, 6) is -3.37. The number of carbonyl (C=O) groups excluding carboxylic acids is 5. The van der Waals surface area contributed by atoms with Gasteiger partial charge in [-0.2, -0.15) is 0 Å². The van der Waals surface area contributed by atoms with Crippen LogP contribution in [0.3, 0.4) is 0 Å². The van der Waals surface area contributed by atoms with Crippen LogP contribution in [0.25, 0.3) is 0 Å². The van der Waals surface area contributed by atoms with Gasteiger partial charge in [0.25, 0.3) is 11.8 Å². The number of carboxylic acids is 1. The van der Waals surface area contributed by atoms with Gasteiger partial charge in [-0.25, -0.2) is 4.79 Å². The minimum atomic E-state index is -1.30. The van der Waals surface area contributed by atoms with Crippen molar-refractivity contribution in [2.45, 2.75) is 18.5 Å². The average Bonchev–Trinajstić information content (AvgIpc) is 2.98. The summed E-state index contributed by atoms with van der Waals surface area (Å²) in [7, 11) is 1.17. The Bertz CT molecular complexity index is 1170. The van der Waals surface area contributed by atoms with Crippen LogP contribution in [0.5, 0.6) is 0 Å². The number of amides is 4. The average molecular weight is 496 g/mol. The van der Waals surface area contributed by atoms with E-state index in [1.165, 1.54) is 18.1 Å². The number of hydrogen-bond donors (Lipinski definition) is 3. The van der Waals surface area contributed by atoms with Crippen LogP contribution in [-0.4, -0.2) is 73.5 Å². The first-order valence-corrected chi connectivity index (χ1v) is 10.8. The third kappa shape index (κ3) is 6.03. The van der Waals surface area contributed by atoms with Crippen LogP contribution in [0.15, 0.2) is 54.6 Å². The maximum Gasteiger partial charge on any atom is 0.414 e. The Morgan fingerprint density at radius 3 is 2.33 bits per heavy atom. The molecular weight excluding hydrogens is 472 g/mol. The van der Waals surface area contributed by atoms with Crippen molar-refractivity contribution in [2.75, 3.05) is 30.0 Å². The lowest BCUT2D eigenvalue weighted by atomic mass is 10.1. The van der Waals surface area contributed by atoms with Crippen molar-refractivity contribution in [3.8, 4) is 0 Å². The van der Waals surface area contributed by atoms with Crippen molar-refractivity contribution in [3.63, 3.8) is 0 Å². The third-order valence-electron chi connectivity index (χ3n) is 5.34. The van der Waals surface area contributed by atoms with E-state index in [2.05, 4.69) is 10.6 Å². The summed E-state index contributed by atoms with van der Waals surface area (Å²) in [5, 5.41) is 13.8. The number of carboxylic acid groups (broad SMARTS) is 1. The van der Waals surface area contributed by atoms with Crippen molar-refractivity contribution >= 4 is 47.4 Å². The lowest BCUT2D eigenvalue weighted by Crippen LogP contribution is -2.54. The number of methoxy groups -OCH3 is 1. The van der Waals surface area contributed by atoms with Gasteiger partial charge in [-0.15, -0.1) is 0 Å². The van der Waals surface area contributed by atoms with Crippen molar-refractivity contribution in [1.82, 2.24) is 10.6 Å². The fourth-order valence-electron chi connectivity index (χ4n) is 3.69. The van der Waals surface area contributed by atoms with Gasteiger partial charge in [0.15, 0.2) is 0 Å².